The van der Waals surface area contributed by atoms with E-state index in [1.54, 1.807) is 6.07 Å². The van der Waals surface area contributed by atoms with Gasteiger partial charge in [-0.25, -0.2) is 0 Å². The molecule has 0 aliphatic carbocycles. The highest BCUT2D eigenvalue weighted by molar-refractivity contribution is 5.92. The zero-order chi connectivity index (χ0) is 17.1. The van der Waals surface area contributed by atoms with Gasteiger partial charge in [0.15, 0.2) is 5.76 Å². The molecule has 1 aliphatic rings. The van der Waals surface area contributed by atoms with Gasteiger partial charge in [0.05, 0.1) is 0 Å². The summed E-state index contributed by atoms with van der Waals surface area (Å²) in [5, 5.41) is 0. The SMILES string of the molecule is CCc1ccc(-c2ccc(C(=O)N3CCC(C(C)N)CC3)o2)cc1.Cl. The summed E-state index contributed by atoms with van der Waals surface area (Å²) in [7, 11) is 0. The van der Waals surface area contributed by atoms with Crippen LogP contribution in [-0.4, -0.2) is 29.9 Å². The van der Waals surface area contributed by atoms with E-state index in [1.165, 1.54) is 5.56 Å². The fourth-order valence-corrected chi connectivity index (χ4v) is 3.30. The van der Waals surface area contributed by atoms with Crippen molar-refractivity contribution in [2.75, 3.05) is 13.1 Å². The molecule has 1 aromatic heterocycles. The van der Waals surface area contributed by atoms with E-state index < -0.39 is 0 Å². The van der Waals surface area contributed by atoms with Crippen LogP contribution < -0.4 is 5.73 Å². The van der Waals surface area contributed by atoms with E-state index in [2.05, 4.69) is 19.1 Å². The van der Waals surface area contributed by atoms with Crippen LogP contribution in [0, 0.1) is 5.92 Å². The molecule has 2 N–H and O–H groups in total. The molecule has 2 aromatic rings. The number of benzene rings is 1. The largest absolute Gasteiger partial charge is 0.451 e. The fourth-order valence-electron chi connectivity index (χ4n) is 3.30. The Bertz CT molecular complexity index is 686. The summed E-state index contributed by atoms with van der Waals surface area (Å²) in [5.41, 5.74) is 8.26. The van der Waals surface area contributed by atoms with Crippen LogP contribution >= 0.6 is 12.4 Å². The molecule has 1 aliphatic heterocycles. The van der Waals surface area contributed by atoms with Crippen LogP contribution in [0.4, 0.5) is 0 Å². The summed E-state index contributed by atoms with van der Waals surface area (Å²) >= 11 is 0. The van der Waals surface area contributed by atoms with E-state index in [0.717, 1.165) is 43.7 Å². The smallest absolute Gasteiger partial charge is 0.289 e. The average molecular weight is 363 g/mol. The van der Waals surface area contributed by atoms with Gasteiger partial charge in [0, 0.05) is 24.7 Å². The number of hydrogen-bond acceptors (Lipinski definition) is 3. The minimum Gasteiger partial charge on any atom is -0.451 e. The molecule has 25 heavy (non-hydrogen) atoms. The van der Waals surface area contributed by atoms with E-state index in [0.29, 0.717) is 11.7 Å². The predicted molar refractivity (Wildman–Crippen MR) is 103 cm³/mol. The molecule has 0 radical (unpaired) electrons. The summed E-state index contributed by atoms with van der Waals surface area (Å²) in [6.45, 7) is 5.69. The number of piperidine rings is 1. The molecular weight excluding hydrogens is 336 g/mol. The highest BCUT2D eigenvalue weighted by Crippen LogP contribution is 2.25. The van der Waals surface area contributed by atoms with Gasteiger partial charge < -0.3 is 15.1 Å². The van der Waals surface area contributed by atoms with Crippen molar-refractivity contribution in [1.82, 2.24) is 4.90 Å². The summed E-state index contributed by atoms with van der Waals surface area (Å²) < 4.78 is 5.82. The molecule has 3 rings (SSSR count). The second-order valence-corrected chi connectivity index (χ2v) is 6.70. The second kappa shape index (κ2) is 8.54. The normalized spacial score (nSPS) is 16.4. The number of furan rings is 1. The zero-order valence-corrected chi connectivity index (χ0v) is 15.7. The highest BCUT2D eigenvalue weighted by Gasteiger charge is 2.27. The van der Waals surface area contributed by atoms with Crippen molar-refractivity contribution in [1.29, 1.82) is 0 Å². The topological polar surface area (TPSA) is 59.5 Å². The molecule has 1 atom stereocenters. The fraction of sp³-hybridized carbons (Fsp3) is 0.450. The van der Waals surface area contributed by atoms with Crippen LogP contribution in [0.3, 0.4) is 0 Å². The lowest BCUT2D eigenvalue weighted by Gasteiger charge is -2.33. The molecule has 2 heterocycles. The van der Waals surface area contributed by atoms with Crippen LogP contribution in [0.5, 0.6) is 0 Å². The molecule has 5 heteroatoms. The Kier molecular flexibility index (Phi) is 6.68. The van der Waals surface area contributed by atoms with Crippen LogP contribution in [0.15, 0.2) is 40.8 Å². The van der Waals surface area contributed by atoms with Gasteiger partial charge >= 0.3 is 0 Å². The first-order valence-electron chi connectivity index (χ1n) is 8.82. The summed E-state index contributed by atoms with van der Waals surface area (Å²) in [6, 6.07) is 12.1. The molecule has 4 nitrogen and oxygen atoms in total. The molecule has 0 saturated carbocycles. The predicted octanol–water partition coefficient (Wildman–Crippen LogP) is 4.13. The maximum Gasteiger partial charge on any atom is 0.289 e. The summed E-state index contributed by atoms with van der Waals surface area (Å²) in [6.07, 6.45) is 2.95. The van der Waals surface area contributed by atoms with E-state index in [-0.39, 0.29) is 24.4 Å². The van der Waals surface area contributed by atoms with E-state index in [1.807, 2.05) is 30.0 Å². The van der Waals surface area contributed by atoms with E-state index in [4.69, 9.17) is 10.2 Å². The van der Waals surface area contributed by atoms with Gasteiger partial charge in [0.2, 0.25) is 0 Å². The number of aryl methyl sites for hydroxylation is 1. The first kappa shape index (κ1) is 19.5. The number of nitrogens with two attached hydrogens (primary N) is 1. The Morgan fingerprint density at radius 2 is 1.84 bits per heavy atom. The first-order valence-corrected chi connectivity index (χ1v) is 8.82. The number of likely N-dealkylation sites (tertiary alicyclic amines) is 1. The van der Waals surface area contributed by atoms with E-state index in [9.17, 15) is 4.79 Å². The van der Waals surface area contributed by atoms with Gasteiger partial charge in [-0.05, 0) is 49.8 Å². The Morgan fingerprint density at radius 1 is 1.20 bits per heavy atom. The maximum atomic E-state index is 12.6. The van der Waals surface area contributed by atoms with E-state index >= 15 is 0 Å². The third kappa shape index (κ3) is 4.44. The second-order valence-electron chi connectivity index (χ2n) is 6.70. The number of carbonyl (C=O) groups is 1. The molecule has 0 bridgehead atoms. The van der Waals surface area contributed by atoms with Crippen molar-refractivity contribution in [2.45, 2.75) is 39.2 Å². The molecule has 136 valence electrons. The number of carbonyl (C=O) groups excluding carboxylic acids is 1. The maximum absolute atomic E-state index is 12.6. The number of hydrogen-bond donors (Lipinski definition) is 1. The summed E-state index contributed by atoms with van der Waals surface area (Å²) in [5.74, 6) is 1.66. The van der Waals surface area contributed by atoms with Gasteiger partial charge in [-0.2, -0.15) is 0 Å². The average Bonchev–Trinajstić information content (AvgIpc) is 3.11. The molecule has 1 unspecified atom stereocenters. The summed E-state index contributed by atoms with van der Waals surface area (Å²) in [4.78, 5) is 14.5. The third-order valence-electron chi connectivity index (χ3n) is 5.03. The lowest BCUT2D eigenvalue weighted by Crippen LogP contribution is -2.42. The zero-order valence-electron chi connectivity index (χ0n) is 14.9. The number of nitrogens with zero attached hydrogens (tertiary/aromatic N) is 1. The van der Waals surface area contributed by atoms with Crippen LogP contribution in [0.25, 0.3) is 11.3 Å². The van der Waals surface area contributed by atoms with Crippen molar-refractivity contribution in [3.05, 3.63) is 47.7 Å². The van der Waals surface area contributed by atoms with Gasteiger partial charge in [-0.15, -0.1) is 12.4 Å². The molecule has 1 saturated heterocycles. The number of rotatable bonds is 4. The monoisotopic (exact) mass is 362 g/mol. The third-order valence-corrected chi connectivity index (χ3v) is 5.03. The lowest BCUT2D eigenvalue weighted by molar-refractivity contribution is 0.0650. The molecule has 1 fully saturated rings. The van der Waals surface area contributed by atoms with Crippen molar-refractivity contribution >= 4 is 18.3 Å². The van der Waals surface area contributed by atoms with Crippen molar-refractivity contribution in [3.63, 3.8) is 0 Å². The Hall–Kier alpha value is -1.78. The number of amides is 1. The van der Waals surface area contributed by atoms with Crippen molar-refractivity contribution < 1.29 is 9.21 Å². The quantitative estimate of drug-likeness (QED) is 0.889. The lowest BCUT2D eigenvalue weighted by atomic mass is 9.91. The highest BCUT2D eigenvalue weighted by atomic mass is 35.5. The van der Waals surface area contributed by atoms with Gasteiger partial charge in [0.25, 0.3) is 5.91 Å². The van der Waals surface area contributed by atoms with Crippen molar-refractivity contribution in [2.24, 2.45) is 11.7 Å². The first-order chi connectivity index (χ1) is 11.6. The Balaban J connectivity index is 0.00000225. The molecular formula is C20H27ClN2O2. The van der Waals surface area contributed by atoms with Gasteiger partial charge in [-0.1, -0.05) is 31.2 Å². The van der Waals surface area contributed by atoms with Crippen LogP contribution in [0.2, 0.25) is 0 Å². The Morgan fingerprint density at radius 3 is 2.40 bits per heavy atom. The molecule has 1 amide bonds. The number of halogens is 1. The minimum absolute atomic E-state index is 0. The minimum atomic E-state index is -0.0189. The Labute approximate surface area is 155 Å². The van der Waals surface area contributed by atoms with Crippen molar-refractivity contribution in [3.8, 4) is 11.3 Å². The van der Waals surface area contributed by atoms with Gasteiger partial charge in [0.1, 0.15) is 5.76 Å². The van der Waals surface area contributed by atoms with Gasteiger partial charge in [-0.3, -0.25) is 4.79 Å². The standard InChI is InChI=1S/C20H26N2O2.ClH/c1-3-15-4-6-17(7-5-15)18-8-9-19(24-18)20(23)22-12-10-16(11-13-22)14(2)21;/h4-9,14,16H,3,10-13,21H2,1-2H3;1H. The molecule has 0 spiro atoms. The van der Waals surface area contributed by atoms with Crippen LogP contribution in [0.1, 0.15) is 42.8 Å². The molecule has 1 aromatic carbocycles. The van der Waals surface area contributed by atoms with Crippen LogP contribution in [-0.2, 0) is 6.42 Å².